The molecule has 0 radical (unpaired) electrons. The first-order chi connectivity index (χ1) is 34.2. The lowest BCUT2D eigenvalue weighted by Crippen LogP contribution is -2.53. The minimum Gasteiger partial charge on any atom is -0.490 e. The van der Waals surface area contributed by atoms with Gasteiger partial charge in [-0.25, -0.2) is 14.0 Å². The predicted octanol–water partition coefficient (Wildman–Crippen LogP) is 9.21. The third-order valence-corrected chi connectivity index (χ3v) is 15.0. The molecule has 15 nitrogen and oxygen atoms in total. The second kappa shape index (κ2) is 19.3. The molecule has 6 atom stereocenters. The molecule has 2 fully saturated rings. The van der Waals surface area contributed by atoms with Crippen LogP contribution < -0.4 is 20.1 Å². The second-order valence-electron chi connectivity index (χ2n) is 20.3. The van der Waals surface area contributed by atoms with Crippen LogP contribution in [0.1, 0.15) is 108 Å². The summed E-state index contributed by atoms with van der Waals surface area (Å²) in [5, 5.41) is 6.35. The predicted molar refractivity (Wildman–Crippen MR) is 269 cm³/mol. The number of halogens is 1. The lowest BCUT2D eigenvalue weighted by molar-refractivity contribution is -0.134. The molecule has 16 heteroatoms. The fourth-order valence-electron chi connectivity index (χ4n) is 11.2. The van der Waals surface area contributed by atoms with E-state index in [0.717, 1.165) is 94.4 Å². The van der Waals surface area contributed by atoms with Crippen LogP contribution >= 0.6 is 0 Å². The number of likely N-dealkylation sites (tertiary alicyclic amines) is 2. The Bertz CT molecular complexity index is 2950. The normalized spacial score (nSPS) is 22.1. The van der Waals surface area contributed by atoms with Gasteiger partial charge in [0.05, 0.1) is 49.2 Å². The zero-order valence-electron chi connectivity index (χ0n) is 41.4. The molecule has 372 valence electrons. The van der Waals surface area contributed by atoms with Gasteiger partial charge in [0.15, 0.2) is 0 Å². The number of carbonyl (C=O) groups excluding carboxylic acids is 4. The zero-order valence-corrected chi connectivity index (χ0v) is 41.4. The summed E-state index contributed by atoms with van der Waals surface area (Å²) in [4.78, 5) is 65.5. The fourth-order valence-corrected chi connectivity index (χ4v) is 11.2. The summed E-state index contributed by atoms with van der Waals surface area (Å²) in [7, 11) is 2.57. The van der Waals surface area contributed by atoms with Gasteiger partial charge in [0.2, 0.25) is 18.0 Å². The standard InChI is InChI=1S/C55H62FN7O8/c1-29(2)49(59-54(66)68-6)51(64)61-18-8-10-43(61)40-22-37(27-57-40)33-16-17-42-36(20-33)24-45-48-39(56)21-35(26-47(48)71-53(63(42)45)34-15-14-32-13-12-31(5)70-46(32)25-34)38-23-41(58-28-38)44-11-9-19-62(44)52(65)50(30(3)4)60-55(67)69-7/h14-17,20-21,24-31,43-44,49-50,53H,8-13,18-19,22-23H2,1-7H3,(H,59,66)(H,60,67)/t31?,43-,44-,49-,50-,53?/m0/s1. The van der Waals surface area contributed by atoms with Crippen LogP contribution in [0.2, 0.25) is 0 Å². The second-order valence-corrected chi connectivity index (χ2v) is 20.3. The van der Waals surface area contributed by atoms with Gasteiger partial charge in [-0.05, 0) is 122 Å². The van der Waals surface area contributed by atoms with E-state index in [1.807, 2.05) is 55.8 Å². The Kier molecular flexibility index (Phi) is 13.0. The molecule has 0 spiro atoms. The lowest BCUT2D eigenvalue weighted by Gasteiger charge is -2.32. The Morgan fingerprint density at radius 1 is 0.718 bits per heavy atom. The Morgan fingerprint density at radius 2 is 1.32 bits per heavy atom. The Labute approximate surface area is 413 Å². The van der Waals surface area contributed by atoms with Crippen molar-refractivity contribution in [3.63, 3.8) is 0 Å². The maximum absolute atomic E-state index is 17.1. The number of nitrogens with zero attached hydrogens (tertiary/aromatic N) is 5. The first-order valence-corrected chi connectivity index (χ1v) is 25.0. The van der Waals surface area contributed by atoms with E-state index in [1.165, 1.54) is 14.2 Å². The van der Waals surface area contributed by atoms with Crippen LogP contribution in [0.3, 0.4) is 0 Å². The third kappa shape index (κ3) is 8.94. The first kappa shape index (κ1) is 47.7. The van der Waals surface area contributed by atoms with Crippen molar-refractivity contribution >= 4 is 57.5 Å². The van der Waals surface area contributed by atoms with E-state index in [0.29, 0.717) is 48.5 Å². The van der Waals surface area contributed by atoms with Crippen LogP contribution in [-0.4, -0.2) is 107 Å². The molecule has 0 bridgehead atoms. The average molecular weight is 968 g/mol. The molecule has 2 saturated heterocycles. The summed E-state index contributed by atoms with van der Waals surface area (Å²) in [6.07, 6.45) is 7.75. The largest absolute Gasteiger partial charge is 0.490 e. The van der Waals surface area contributed by atoms with Crippen molar-refractivity contribution in [3.8, 4) is 22.8 Å². The van der Waals surface area contributed by atoms with Crippen molar-refractivity contribution in [2.45, 2.75) is 122 Å². The molecule has 4 amide bonds. The smallest absolute Gasteiger partial charge is 0.407 e. The van der Waals surface area contributed by atoms with Gasteiger partial charge in [-0.1, -0.05) is 45.9 Å². The number of carbonyl (C=O) groups is 4. The maximum atomic E-state index is 17.1. The number of alkyl carbamates (subject to hydrolysis) is 2. The number of hydrogen-bond acceptors (Lipinski definition) is 10. The molecule has 3 aromatic carbocycles. The van der Waals surface area contributed by atoms with Crippen molar-refractivity contribution in [1.29, 1.82) is 0 Å². The quantitative estimate of drug-likeness (QED) is 0.150. The van der Waals surface area contributed by atoms with E-state index in [4.69, 9.17) is 28.9 Å². The molecule has 4 aromatic rings. The number of aromatic nitrogens is 1. The molecular weight excluding hydrogens is 906 g/mol. The summed E-state index contributed by atoms with van der Waals surface area (Å²) >= 11 is 0. The van der Waals surface area contributed by atoms with E-state index >= 15 is 4.39 Å². The Balaban J connectivity index is 0.937. The van der Waals surface area contributed by atoms with Gasteiger partial charge >= 0.3 is 12.2 Å². The average Bonchev–Trinajstić information content (AvgIpc) is 4.23. The summed E-state index contributed by atoms with van der Waals surface area (Å²) in [6.45, 7) is 10.8. The Morgan fingerprint density at radius 3 is 1.92 bits per heavy atom. The number of fused-ring (bicyclic) bond motifs is 6. The number of rotatable bonds is 11. The highest BCUT2D eigenvalue weighted by atomic mass is 19.1. The number of ether oxygens (including phenoxy) is 4. The van der Waals surface area contributed by atoms with Crippen LogP contribution in [0.15, 0.2) is 77.0 Å². The number of hydrogen-bond donors (Lipinski definition) is 2. The highest BCUT2D eigenvalue weighted by Gasteiger charge is 2.41. The van der Waals surface area contributed by atoms with Crippen molar-refractivity contribution < 1.29 is 42.5 Å². The van der Waals surface area contributed by atoms with Crippen LogP contribution in [-0.2, 0) is 25.5 Å². The van der Waals surface area contributed by atoms with Crippen LogP contribution in [0, 0.1) is 17.7 Å². The van der Waals surface area contributed by atoms with Crippen molar-refractivity contribution in [1.82, 2.24) is 25.0 Å². The third-order valence-electron chi connectivity index (χ3n) is 15.0. The number of amides is 4. The molecule has 7 heterocycles. The van der Waals surface area contributed by atoms with E-state index < -0.39 is 36.3 Å². The molecule has 6 aliphatic heterocycles. The molecule has 6 aliphatic rings. The first-order valence-electron chi connectivity index (χ1n) is 25.0. The molecular formula is C55H62FN7O8. The van der Waals surface area contributed by atoms with Gasteiger partial charge in [-0.2, -0.15) is 0 Å². The van der Waals surface area contributed by atoms with Gasteiger partial charge < -0.3 is 43.9 Å². The number of benzene rings is 3. The van der Waals surface area contributed by atoms with Gasteiger partial charge in [0.1, 0.15) is 29.4 Å². The van der Waals surface area contributed by atoms with E-state index in [2.05, 4.69) is 58.5 Å². The summed E-state index contributed by atoms with van der Waals surface area (Å²) in [6, 6.07) is 16.0. The maximum Gasteiger partial charge on any atom is 0.407 e. The minimum absolute atomic E-state index is 0.0744. The minimum atomic E-state index is -0.749. The molecule has 0 saturated carbocycles. The summed E-state index contributed by atoms with van der Waals surface area (Å²) in [5.41, 5.74) is 9.07. The molecule has 71 heavy (non-hydrogen) atoms. The van der Waals surface area contributed by atoms with Gasteiger partial charge in [-0.3, -0.25) is 19.6 Å². The summed E-state index contributed by atoms with van der Waals surface area (Å²) < 4.78 is 42.1. The van der Waals surface area contributed by atoms with E-state index in [9.17, 15) is 19.2 Å². The Hall–Kier alpha value is -6.97. The van der Waals surface area contributed by atoms with Crippen LogP contribution in [0.5, 0.6) is 11.5 Å². The molecule has 1 aromatic heterocycles. The van der Waals surface area contributed by atoms with Crippen molar-refractivity contribution in [2.75, 3.05) is 27.3 Å². The van der Waals surface area contributed by atoms with Crippen LogP contribution in [0.25, 0.3) is 33.3 Å². The molecule has 2 unspecified atom stereocenters. The van der Waals surface area contributed by atoms with Crippen molar-refractivity contribution in [2.24, 2.45) is 21.8 Å². The number of nitrogens with one attached hydrogen (secondary N) is 2. The van der Waals surface area contributed by atoms with Gasteiger partial charge in [0.25, 0.3) is 0 Å². The van der Waals surface area contributed by atoms with Gasteiger partial charge in [-0.15, -0.1) is 0 Å². The fraction of sp³-hybridized carbons (Fsp3) is 0.455. The van der Waals surface area contributed by atoms with E-state index in [-0.39, 0.29) is 41.8 Å². The number of methoxy groups -OCH3 is 2. The zero-order chi connectivity index (χ0) is 49.8. The number of aliphatic imine (C=N–C) groups is 2. The molecule has 0 aliphatic carbocycles. The topological polar surface area (TPSA) is 165 Å². The highest BCUT2D eigenvalue weighted by molar-refractivity contribution is 6.06. The van der Waals surface area contributed by atoms with Crippen molar-refractivity contribution in [3.05, 3.63) is 95.1 Å². The SMILES string of the molecule is COC(=O)N[C@H](C(=O)N1CCC[C@H]1C1=NC=C(c2cc(F)c3c(c2)OC(c2ccc4c(c2)OC(C)CC4)n2c-3cc3cc(C4=CN=C([C@@H]5CCCN5C(=O)[C@@H](NC(=O)OC)C(C)C)C4)ccc32)C1)C(C)C. The lowest BCUT2D eigenvalue weighted by atomic mass is 9.95. The molecule has 10 rings (SSSR count). The van der Waals surface area contributed by atoms with Crippen LogP contribution in [0.4, 0.5) is 14.0 Å². The van der Waals surface area contributed by atoms with Gasteiger partial charge in [0, 0.05) is 60.7 Å². The highest BCUT2D eigenvalue weighted by Crippen LogP contribution is 2.48. The molecule has 2 N–H and O–H groups in total. The monoisotopic (exact) mass is 967 g/mol. The number of aryl methyl sites for hydroxylation is 1. The summed E-state index contributed by atoms with van der Waals surface area (Å²) in [5.74, 6) is 0.175. The number of allylic oxidation sites excluding steroid dienone is 2. The van der Waals surface area contributed by atoms with E-state index in [1.54, 1.807) is 12.3 Å².